The molecular weight excluding hydrogens is 427 g/mol. The number of piperazine rings is 1. The highest BCUT2D eigenvalue weighted by atomic mass is 19.1. The molecule has 0 spiro atoms. The van der Waals surface area contributed by atoms with E-state index in [0.717, 1.165) is 18.4 Å². The van der Waals surface area contributed by atoms with Gasteiger partial charge in [0.1, 0.15) is 5.70 Å². The number of carbonyl (C=O) groups is 3. The molecule has 2 saturated carbocycles. The number of anilines is 1. The van der Waals surface area contributed by atoms with Crippen molar-refractivity contribution in [2.45, 2.75) is 50.4 Å². The molecule has 10 heteroatoms. The summed E-state index contributed by atoms with van der Waals surface area (Å²) in [5.41, 5.74) is 3.68. The number of nitrogens with zero attached hydrogens (tertiary/aromatic N) is 3. The molecule has 2 aliphatic carbocycles. The average Bonchev–Trinajstić information content (AvgIpc) is 3.73. The van der Waals surface area contributed by atoms with E-state index in [2.05, 4.69) is 22.1 Å². The molecule has 33 heavy (non-hydrogen) atoms. The summed E-state index contributed by atoms with van der Waals surface area (Å²) in [7, 11) is 0. The number of nitriles is 1. The lowest BCUT2D eigenvalue weighted by atomic mass is 10.0. The molecule has 1 aromatic rings. The minimum absolute atomic E-state index is 0.00859. The van der Waals surface area contributed by atoms with E-state index in [9.17, 15) is 24.0 Å². The highest BCUT2D eigenvalue weighted by Crippen LogP contribution is 2.40. The van der Waals surface area contributed by atoms with Crippen molar-refractivity contribution in [3.05, 3.63) is 41.1 Å². The van der Waals surface area contributed by atoms with Crippen LogP contribution in [0, 0.1) is 17.2 Å². The summed E-state index contributed by atoms with van der Waals surface area (Å²) in [5, 5.41) is 16.5. The van der Waals surface area contributed by atoms with Gasteiger partial charge < -0.3 is 15.5 Å². The van der Waals surface area contributed by atoms with Crippen LogP contribution in [0.4, 0.5) is 10.1 Å². The predicted molar refractivity (Wildman–Crippen MR) is 116 cm³/mol. The summed E-state index contributed by atoms with van der Waals surface area (Å²) in [6, 6.07) is 6.71. The van der Waals surface area contributed by atoms with E-state index in [0.29, 0.717) is 23.5 Å². The largest absolute Gasteiger partial charge is 0.336 e. The van der Waals surface area contributed by atoms with Crippen LogP contribution >= 0.6 is 0 Å². The van der Waals surface area contributed by atoms with Gasteiger partial charge in [-0.3, -0.25) is 19.4 Å². The molecule has 2 aliphatic heterocycles. The molecule has 0 aromatic heterocycles. The standard InChI is InChI=1S/C23H25FN6O3/c1-13-11-29(12-26-22(33)23(24)6-7-23)21(32)19-9-18(28-30(13)19)16-5-2-14(10-25)8-17(16)27-20(31)15-3-4-15/h2,5,8-9,13,15,18,28H,3-4,6-7,11-12H2,1H3,(H,26,33)(H,27,31). The average molecular weight is 452 g/mol. The van der Waals surface area contributed by atoms with Crippen LogP contribution in [0.5, 0.6) is 0 Å². The zero-order valence-electron chi connectivity index (χ0n) is 18.2. The van der Waals surface area contributed by atoms with Crippen molar-refractivity contribution >= 4 is 23.4 Å². The Morgan fingerprint density at radius 1 is 1.33 bits per heavy atom. The maximum Gasteiger partial charge on any atom is 0.272 e. The van der Waals surface area contributed by atoms with Crippen molar-refractivity contribution in [3.8, 4) is 6.07 Å². The van der Waals surface area contributed by atoms with Gasteiger partial charge in [0.05, 0.1) is 30.4 Å². The number of halogens is 1. The molecule has 2 unspecified atom stereocenters. The van der Waals surface area contributed by atoms with E-state index < -0.39 is 11.6 Å². The number of rotatable bonds is 6. The first-order valence-electron chi connectivity index (χ1n) is 11.2. The molecule has 1 aromatic carbocycles. The van der Waals surface area contributed by atoms with E-state index in [1.54, 1.807) is 29.3 Å². The monoisotopic (exact) mass is 452 g/mol. The Balaban J connectivity index is 1.35. The topological polar surface area (TPSA) is 118 Å². The maximum atomic E-state index is 13.9. The summed E-state index contributed by atoms with van der Waals surface area (Å²) < 4.78 is 13.9. The van der Waals surface area contributed by atoms with Crippen molar-refractivity contribution in [2.24, 2.45) is 5.92 Å². The molecule has 5 rings (SSSR count). The Hall–Kier alpha value is -3.45. The van der Waals surface area contributed by atoms with E-state index in [-0.39, 0.29) is 49.3 Å². The molecule has 0 radical (unpaired) electrons. The van der Waals surface area contributed by atoms with Crippen LogP contribution in [0.1, 0.15) is 49.8 Å². The third kappa shape index (κ3) is 4.04. The Kier molecular flexibility index (Phi) is 5.09. The van der Waals surface area contributed by atoms with Crippen LogP contribution in [0.25, 0.3) is 0 Å². The van der Waals surface area contributed by atoms with Gasteiger partial charge in [-0.05, 0) is 56.4 Å². The normalized spacial score (nSPS) is 25.1. The third-order valence-electron chi connectivity index (χ3n) is 6.54. The number of hydrogen-bond acceptors (Lipinski definition) is 6. The minimum atomic E-state index is -1.79. The number of nitrogens with one attached hydrogen (secondary N) is 3. The smallest absolute Gasteiger partial charge is 0.272 e. The Morgan fingerprint density at radius 2 is 2.09 bits per heavy atom. The summed E-state index contributed by atoms with van der Waals surface area (Å²) >= 11 is 0. The van der Waals surface area contributed by atoms with Crippen LogP contribution in [0.2, 0.25) is 0 Å². The summed E-state index contributed by atoms with van der Waals surface area (Å²) in [4.78, 5) is 38.9. The van der Waals surface area contributed by atoms with Gasteiger partial charge in [0.15, 0.2) is 5.67 Å². The molecule has 2 heterocycles. The number of alkyl halides is 1. The van der Waals surface area contributed by atoms with E-state index >= 15 is 0 Å². The van der Waals surface area contributed by atoms with Crippen molar-refractivity contribution in [1.29, 1.82) is 5.26 Å². The molecule has 0 bridgehead atoms. The van der Waals surface area contributed by atoms with Crippen LogP contribution in [-0.2, 0) is 14.4 Å². The van der Waals surface area contributed by atoms with E-state index in [4.69, 9.17) is 0 Å². The first-order chi connectivity index (χ1) is 15.8. The lowest BCUT2D eigenvalue weighted by Crippen LogP contribution is -2.58. The maximum absolute atomic E-state index is 13.9. The lowest BCUT2D eigenvalue weighted by Gasteiger charge is -2.40. The van der Waals surface area contributed by atoms with Gasteiger partial charge >= 0.3 is 0 Å². The molecule has 1 saturated heterocycles. The fourth-order valence-electron chi connectivity index (χ4n) is 4.22. The van der Waals surface area contributed by atoms with Gasteiger partial charge in [-0.15, -0.1) is 0 Å². The fourth-order valence-corrected chi connectivity index (χ4v) is 4.22. The van der Waals surface area contributed by atoms with Crippen molar-refractivity contribution in [1.82, 2.24) is 20.7 Å². The number of fused-ring (bicyclic) bond motifs is 1. The van der Waals surface area contributed by atoms with Crippen molar-refractivity contribution < 1.29 is 18.8 Å². The first kappa shape index (κ1) is 21.4. The highest BCUT2D eigenvalue weighted by Gasteiger charge is 2.51. The second-order valence-electron chi connectivity index (χ2n) is 9.21. The van der Waals surface area contributed by atoms with E-state index in [1.165, 1.54) is 4.90 Å². The number of hydrazine groups is 1. The van der Waals surface area contributed by atoms with Crippen molar-refractivity contribution in [2.75, 3.05) is 18.5 Å². The SMILES string of the molecule is CC1CN(CNC(=O)C2(F)CC2)C(=O)C2=CC(c3ccc(C#N)cc3NC(=O)C3CC3)NN21. The molecule has 3 fully saturated rings. The van der Waals surface area contributed by atoms with Gasteiger partial charge in [0.25, 0.3) is 11.8 Å². The van der Waals surface area contributed by atoms with Crippen LogP contribution < -0.4 is 16.1 Å². The Labute approximate surface area is 190 Å². The summed E-state index contributed by atoms with van der Waals surface area (Å²) in [6.07, 6.45) is 3.94. The molecular formula is C23H25FN6O3. The van der Waals surface area contributed by atoms with Gasteiger partial charge in [-0.25, -0.2) is 9.82 Å². The predicted octanol–water partition coefficient (Wildman–Crippen LogP) is 1.46. The highest BCUT2D eigenvalue weighted by molar-refractivity contribution is 5.96. The Bertz CT molecular complexity index is 1100. The first-order valence-corrected chi connectivity index (χ1v) is 11.2. The molecule has 3 amide bonds. The molecule has 2 atom stereocenters. The van der Waals surface area contributed by atoms with Crippen LogP contribution in [0.3, 0.4) is 0 Å². The molecule has 172 valence electrons. The van der Waals surface area contributed by atoms with E-state index in [1.807, 2.05) is 6.92 Å². The zero-order valence-corrected chi connectivity index (χ0v) is 18.2. The van der Waals surface area contributed by atoms with Crippen molar-refractivity contribution in [3.63, 3.8) is 0 Å². The van der Waals surface area contributed by atoms with Gasteiger partial charge in [0, 0.05) is 18.2 Å². The van der Waals surface area contributed by atoms with Crippen LogP contribution in [0.15, 0.2) is 30.0 Å². The minimum Gasteiger partial charge on any atom is -0.336 e. The number of benzene rings is 1. The fraction of sp³-hybridized carbons (Fsp3) is 0.478. The van der Waals surface area contributed by atoms with Crippen LogP contribution in [-0.4, -0.2) is 52.6 Å². The van der Waals surface area contributed by atoms with Gasteiger partial charge in [-0.2, -0.15) is 5.26 Å². The molecule has 3 N–H and O–H groups in total. The number of amides is 3. The quantitative estimate of drug-likeness (QED) is 0.602. The van der Waals surface area contributed by atoms with Gasteiger partial charge in [-0.1, -0.05) is 6.07 Å². The zero-order chi connectivity index (χ0) is 23.3. The lowest BCUT2D eigenvalue weighted by molar-refractivity contribution is -0.136. The third-order valence-corrected chi connectivity index (χ3v) is 6.54. The Morgan fingerprint density at radius 3 is 2.76 bits per heavy atom. The summed E-state index contributed by atoms with van der Waals surface area (Å²) in [6.45, 7) is 2.24. The second-order valence-corrected chi connectivity index (χ2v) is 9.21. The number of hydrogen-bond donors (Lipinski definition) is 3. The van der Waals surface area contributed by atoms with Gasteiger partial charge in [0.2, 0.25) is 5.91 Å². The number of carbonyl (C=O) groups excluding carboxylic acids is 3. The second kappa shape index (κ2) is 7.85. The molecule has 9 nitrogen and oxygen atoms in total. The summed E-state index contributed by atoms with van der Waals surface area (Å²) in [5.74, 6) is -1.00. The molecule has 4 aliphatic rings.